The van der Waals surface area contributed by atoms with Crippen molar-refractivity contribution >= 4 is 22.4 Å². The first-order valence-electron chi connectivity index (χ1n) is 12.1. The first kappa shape index (κ1) is 24.9. The van der Waals surface area contributed by atoms with Crippen molar-refractivity contribution in [2.75, 3.05) is 5.32 Å². The van der Waals surface area contributed by atoms with Crippen LogP contribution in [0.15, 0.2) is 30.5 Å². The zero-order valence-corrected chi connectivity index (χ0v) is 20.8. The predicted molar refractivity (Wildman–Crippen MR) is 133 cm³/mol. The van der Waals surface area contributed by atoms with E-state index in [1.165, 1.54) is 16.0 Å². The maximum atomic E-state index is 13.0. The van der Waals surface area contributed by atoms with Crippen molar-refractivity contribution in [1.29, 1.82) is 0 Å². The molecular weight excluding hydrogens is 418 g/mol. The van der Waals surface area contributed by atoms with E-state index < -0.39 is 5.60 Å². The quantitative estimate of drug-likeness (QED) is 0.420. The van der Waals surface area contributed by atoms with Gasteiger partial charge in [0.1, 0.15) is 0 Å². The van der Waals surface area contributed by atoms with Crippen LogP contribution in [0.4, 0.5) is 5.13 Å². The molecule has 0 saturated heterocycles. The van der Waals surface area contributed by atoms with E-state index in [9.17, 15) is 9.90 Å². The molecule has 0 bridgehead atoms. The van der Waals surface area contributed by atoms with E-state index in [1.54, 1.807) is 11.3 Å². The Bertz CT molecular complexity index is 874. The summed E-state index contributed by atoms with van der Waals surface area (Å²) in [6.07, 6.45) is 9.52. The molecule has 0 spiro atoms. The maximum absolute atomic E-state index is 13.0. The Labute approximate surface area is 197 Å². The molecule has 5 nitrogen and oxygen atoms in total. The fourth-order valence-corrected chi connectivity index (χ4v) is 5.36. The number of fused-ring (bicyclic) bond motifs is 1. The van der Waals surface area contributed by atoms with Crippen LogP contribution in [-0.2, 0) is 17.6 Å². The Hall–Kier alpha value is -1.76. The monoisotopic (exact) mass is 457 g/mol. The van der Waals surface area contributed by atoms with E-state index in [2.05, 4.69) is 53.7 Å². The minimum Gasteiger partial charge on any atom is -0.390 e. The standard InChI is InChI=1S/C26H39N3O2S/c1-5-9-22(28-21-14-13-19-11-6-7-12-20(19)16-21)24(30)29-25-27-17-23(32-25)18(2)10-8-15-26(3,4)31/h6-7,11-12,17-18,21-22,28,31H,5,8-10,13-16H2,1-4H3,(H,27,29,30)/t18?,21?,22-/m0/s1. The number of benzene rings is 1. The number of aryl methyl sites for hydroxylation is 1. The van der Waals surface area contributed by atoms with Gasteiger partial charge in [0.25, 0.3) is 0 Å². The van der Waals surface area contributed by atoms with Gasteiger partial charge in [-0.25, -0.2) is 4.98 Å². The highest BCUT2D eigenvalue weighted by Crippen LogP contribution is 2.30. The topological polar surface area (TPSA) is 74.2 Å². The summed E-state index contributed by atoms with van der Waals surface area (Å²) in [4.78, 5) is 18.7. The number of anilines is 1. The third-order valence-corrected chi connectivity index (χ3v) is 7.49. The van der Waals surface area contributed by atoms with Crippen molar-refractivity contribution in [3.05, 3.63) is 46.5 Å². The fraction of sp³-hybridized carbons (Fsp3) is 0.615. The SMILES string of the molecule is CCC[C@H](NC1CCc2ccccc2C1)C(=O)Nc1ncc(C(C)CCCC(C)(C)O)s1. The summed E-state index contributed by atoms with van der Waals surface area (Å²) < 4.78 is 0. The molecule has 1 aliphatic carbocycles. The summed E-state index contributed by atoms with van der Waals surface area (Å²) in [6.45, 7) is 8.01. The molecule has 2 aromatic rings. The van der Waals surface area contributed by atoms with Gasteiger partial charge >= 0.3 is 0 Å². The third-order valence-electron chi connectivity index (χ3n) is 6.34. The molecule has 1 amide bonds. The van der Waals surface area contributed by atoms with Crippen LogP contribution >= 0.6 is 11.3 Å². The molecule has 1 aromatic heterocycles. The Morgan fingerprint density at radius 1 is 1.28 bits per heavy atom. The Morgan fingerprint density at radius 3 is 2.75 bits per heavy atom. The molecule has 0 fully saturated rings. The van der Waals surface area contributed by atoms with Crippen molar-refractivity contribution in [2.45, 2.75) is 103 Å². The maximum Gasteiger partial charge on any atom is 0.243 e. The predicted octanol–water partition coefficient (Wildman–Crippen LogP) is 5.44. The highest BCUT2D eigenvalue weighted by Gasteiger charge is 2.25. The number of aromatic nitrogens is 1. The molecule has 1 heterocycles. The number of nitrogens with zero attached hydrogens (tertiary/aromatic N) is 1. The van der Waals surface area contributed by atoms with E-state index in [0.29, 0.717) is 17.1 Å². The molecule has 3 rings (SSSR count). The number of thiazole rings is 1. The second-order valence-electron chi connectivity index (χ2n) is 9.88. The fourth-order valence-electron chi connectivity index (χ4n) is 4.45. The van der Waals surface area contributed by atoms with Crippen LogP contribution in [0.5, 0.6) is 0 Å². The number of hydrogen-bond acceptors (Lipinski definition) is 5. The van der Waals surface area contributed by atoms with Gasteiger partial charge in [-0.2, -0.15) is 0 Å². The summed E-state index contributed by atoms with van der Waals surface area (Å²) in [7, 11) is 0. The molecule has 0 radical (unpaired) electrons. The van der Waals surface area contributed by atoms with Crippen LogP contribution in [0.25, 0.3) is 0 Å². The molecular formula is C26H39N3O2S. The van der Waals surface area contributed by atoms with Gasteiger partial charge in [-0.1, -0.05) is 44.5 Å². The zero-order valence-electron chi connectivity index (χ0n) is 20.0. The summed E-state index contributed by atoms with van der Waals surface area (Å²) in [5.74, 6) is 0.383. The molecule has 2 unspecified atom stereocenters. The Kier molecular flexibility index (Phi) is 8.86. The third kappa shape index (κ3) is 7.39. The number of hydrogen-bond donors (Lipinski definition) is 3. The van der Waals surface area contributed by atoms with Gasteiger partial charge in [0, 0.05) is 17.1 Å². The van der Waals surface area contributed by atoms with Crippen molar-refractivity contribution in [1.82, 2.24) is 10.3 Å². The smallest absolute Gasteiger partial charge is 0.243 e. The van der Waals surface area contributed by atoms with Crippen molar-refractivity contribution in [3.63, 3.8) is 0 Å². The molecule has 3 atom stereocenters. The van der Waals surface area contributed by atoms with E-state index in [1.807, 2.05) is 20.0 Å². The highest BCUT2D eigenvalue weighted by atomic mass is 32.1. The molecule has 1 aliphatic rings. The van der Waals surface area contributed by atoms with Crippen LogP contribution in [0.3, 0.4) is 0 Å². The van der Waals surface area contributed by atoms with Gasteiger partial charge < -0.3 is 15.7 Å². The minimum atomic E-state index is -0.617. The van der Waals surface area contributed by atoms with Gasteiger partial charge in [0.05, 0.1) is 11.6 Å². The Morgan fingerprint density at radius 2 is 2.03 bits per heavy atom. The van der Waals surface area contributed by atoms with Crippen molar-refractivity contribution < 1.29 is 9.90 Å². The van der Waals surface area contributed by atoms with Gasteiger partial charge in [-0.05, 0) is 75.8 Å². The van der Waals surface area contributed by atoms with E-state index >= 15 is 0 Å². The van der Waals surface area contributed by atoms with Crippen LogP contribution in [-0.4, -0.2) is 33.7 Å². The highest BCUT2D eigenvalue weighted by molar-refractivity contribution is 7.15. The lowest BCUT2D eigenvalue weighted by Gasteiger charge is -2.29. The van der Waals surface area contributed by atoms with E-state index in [0.717, 1.165) is 51.4 Å². The van der Waals surface area contributed by atoms with Gasteiger partial charge in [-0.15, -0.1) is 11.3 Å². The summed E-state index contributed by atoms with van der Waals surface area (Å²) in [6, 6.07) is 8.76. The molecule has 6 heteroatoms. The number of rotatable bonds is 11. The van der Waals surface area contributed by atoms with Crippen LogP contribution < -0.4 is 10.6 Å². The summed E-state index contributed by atoms with van der Waals surface area (Å²) in [5.41, 5.74) is 2.22. The van der Waals surface area contributed by atoms with Gasteiger partial charge in [0.2, 0.25) is 5.91 Å². The van der Waals surface area contributed by atoms with Crippen molar-refractivity contribution in [3.8, 4) is 0 Å². The summed E-state index contributed by atoms with van der Waals surface area (Å²) in [5, 5.41) is 17.3. The van der Waals surface area contributed by atoms with Crippen LogP contribution in [0, 0.1) is 0 Å². The lowest BCUT2D eigenvalue weighted by atomic mass is 9.88. The molecule has 32 heavy (non-hydrogen) atoms. The number of aliphatic hydroxyl groups is 1. The second kappa shape index (κ2) is 11.4. The average Bonchev–Trinajstić information content (AvgIpc) is 3.21. The minimum absolute atomic E-state index is 0.0151. The second-order valence-corrected chi connectivity index (χ2v) is 10.9. The van der Waals surface area contributed by atoms with Gasteiger partial charge in [-0.3, -0.25) is 4.79 Å². The number of amides is 1. The largest absolute Gasteiger partial charge is 0.390 e. The first-order valence-corrected chi connectivity index (χ1v) is 12.9. The summed E-state index contributed by atoms with van der Waals surface area (Å²) >= 11 is 1.57. The zero-order chi connectivity index (χ0) is 23.1. The number of carbonyl (C=O) groups is 1. The lowest BCUT2D eigenvalue weighted by Crippen LogP contribution is -2.47. The molecule has 0 aliphatic heterocycles. The molecule has 3 N–H and O–H groups in total. The van der Waals surface area contributed by atoms with E-state index in [-0.39, 0.29) is 11.9 Å². The first-order chi connectivity index (χ1) is 15.2. The number of carbonyl (C=O) groups excluding carboxylic acids is 1. The Balaban J connectivity index is 1.54. The van der Waals surface area contributed by atoms with E-state index in [4.69, 9.17) is 0 Å². The normalized spacial score (nSPS) is 18.1. The molecule has 176 valence electrons. The van der Waals surface area contributed by atoms with Crippen LogP contribution in [0.1, 0.15) is 88.1 Å². The van der Waals surface area contributed by atoms with Crippen LogP contribution in [0.2, 0.25) is 0 Å². The molecule has 1 aromatic carbocycles. The van der Waals surface area contributed by atoms with Crippen molar-refractivity contribution in [2.24, 2.45) is 0 Å². The number of nitrogens with one attached hydrogen (secondary N) is 2. The lowest BCUT2D eigenvalue weighted by molar-refractivity contribution is -0.118. The average molecular weight is 458 g/mol. The molecule has 0 saturated carbocycles. The van der Waals surface area contributed by atoms with Gasteiger partial charge in [0.15, 0.2) is 5.13 Å².